The van der Waals surface area contributed by atoms with Crippen LogP contribution in [0.4, 0.5) is 4.39 Å². The fourth-order valence-corrected chi connectivity index (χ4v) is 7.15. The molecule has 2 aromatic carbocycles. The number of nitrogens with zero attached hydrogens (tertiary/aromatic N) is 4. The van der Waals surface area contributed by atoms with Crippen molar-refractivity contribution in [1.29, 1.82) is 5.26 Å². The normalized spacial score (nSPS) is 21.7. The van der Waals surface area contributed by atoms with Crippen molar-refractivity contribution >= 4 is 5.91 Å². The fraction of sp³-hybridized carbons (Fsp3) is 0.576. The maximum absolute atomic E-state index is 13.8. The van der Waals surface area contributed by atoms with Gasteiger partial charge in [0.2, 0.25) is 0 Å². The smallest absolute Gasteiger partial charge is 0.253 e. The Hall–Kier alpha value is -2.83. The lowest BCUT2D eigenvalue weighted by Crippen LogP contribution is -2.62. The van der Waals surface area contributed by atoms with Gasteiger partial charge in [-0.25, -0.2) is 4.39 Å². The molecule has 0 N–H and O–H groups in total. The van der Waals surface area contributed by atoms with Crippen molar-refractivity contribution in [3.63, 3.8) is 0 Å². The van der Waals surface area contributed by atoms with Crippen LogP contribution >= 0.6 is 0 Å². The van der Waals surface area contributed by atoms with E-state index in [9.17, 15) is 14.4 Å². The summed E-state index contributed by atoms with van der Waals surface area (Å²) in [5, 5.41) is 9.58. The van der Waals surface area contributed by atoms with Crippen molar-refractivity contribution in [2.24, 2.45) is 0 Å². The number of likely N-dealkylation sites (tertiary alicyclic amines) is 2. The minimum atomic E-state index is -0.332. The quantitative estimate of drug-likeness (QED) is 0.479. The Morgan fingerprint density at radius 1 is 1.12 bits per heavy atom. The van der Waals surface area contributed by atoms with Gasteiger partial charge < -0.3 is 19.3 Å². The van der Waals surface area contributed by atoms with Gasteiger partial charge in [-0.15, -0.1) is 0 Å². The van der Waals surface area contributed by atoms with Crippen LogP contribution in [0.2, 0.25) is 0 Å². The highest BCUT2D eigenvalue weighted by molar-refractivity contribution is 5.96. The number of hydrogen-bond acceptors (Lipinski definition) is 6. The number of likely N-dealkylation sites (N-methyl/N-ethyl adjacent to an activating group) is 1. The first-order chi connectivity index (χ1) is 19.9. The Bertz CT molecular complexity index is 1270. The standard InChI is InChI=1S/C33H41FN4O3/c1-36(32(39)31-19-24(20-35)18-26-4-2-3-5-30(26)31)21-27(25-6-8-28(34)9-7-25)10-13-37-22-29(23-37)38-14-11-33(12-15-38)40-16-17-41-33/h6-9,18-19,27,29H,2-5,10-17,21-23H2,1H3. The lowest BCUT2D eigenvalue weighted by atomic mass is 9.86. The molecule has 1 aliphatic carbocycles. The third-order valence-electron chi connectivity index (χ3n) is 9.63. The van der Waals surface area contributed by atoms with E-state index in [0.717, 1.165) is 94.4 Å². The number of rotatable bonds is 8. The number of ether oxygens (including phenoxy) is 2. The van der Waals surface area contributed by atoms with Gasteiger partial charge in [0, 0.05) is 70.1 Å². The molecule has 1 atom stereocenters. The van der Waals surface area contributed by atoms with Crippen molar-refractivity contribution < 1.29 is 18.7 Å². The van der Waals surface area contributed by atoms with Crippen molar-refractivity contribution in [1.82, 2.24) is 14.7 Å². The third kappa shape index (κ3) is 6.19. The molecule has 0 bridgehead atoms. The average Bonchev–Trinajstić information content (AvgIpc) is 3.43. The van der Waals surface area contributed by atoms with Crippen molar-refractivity contribution in [2.75, 3.05) is 59.5 Å². The number of aryl methyl sites for hydroxylation is 1. The maximum Gasteiger partial charge on any atom is 0.253 e. The molecule has 3 heterocycles. The van der Waals surface area contributed by atoms with Gasteiger partial charge in [0.1, 0.15) is 5.82 Å². The molecular formula is C33H41FN4O3. The molecule has 1 spiro atoms. The number of amides is 1. The summed E-state index contributed by atoms with van der Waals surface area (Å²) in [7, 11) is 1.85. The molecule has 2 aromatic rings. The summed E-state index contributed by atoms with van der Waals surface area (Å²) < 4.78 is 25.5. The number of nitriles is 1. The summed E-state index contributed by atoms with van der Waals surface area (Å²) in [5.74, 6) is -0.528. The second kappa shape index (κ2) is 12.2. The predicted molar refractivity (Wildman–Crippen MR) is 154 cm³/mol. The molecular weight excluding hydrogens is 519 g/mol. The zero-order valence-electron chi connectivity index (χ0n) is 24.1. The van der Waals surface area contributed by atoms with Gasteiger partial charge in [-0.3, -0.25) is 9.69 Å². The van der Waals surface area contributed by atoms with Crippen LogP contribution < -0.4 is 0 Å². The number of piperidine rings is 1. The van der Waals surface area contributed by atoms with Gasteiger partial charge in [-0.2, -0.15) is 5.26 Å². The average molecular weight is 561 g/mol. The Morgan fingerprint density at radius 3 is 2.54 bits per heavy atom. The minimum Gasteiger partial charge on any atom is -0.347 e. The molecule has 4 aliphatic rings. The van der Waals surface area contributed by atoms with E-state index < -0.39 is 0 Å². The summed E-state index contributed by atoms with van der Waals surface area (Å²) in [4.78, 5) is 20.6. The molecule has 0 aromatic heterocycles. The van der Waals surface area contributed by atoms with Gasteiger partial charge in [0.05, 0.1) is 24.8 Å². The van der Waals surface area contributed by atoms with Gasteiger partial charge in [-0.05, 0) is 79.6 Å². The summed E-state index contributed by atoms with van der Waals surface area (Å²) in [5.41, 5.74) is 4.51. The molecule has 41 heavy (non-hydrogen) atoms. The number of hydrogen-bond donors (Lipinski definition) is 0. The van der Waals surface area contributed by atoms with Crippen LogP contribution in [0.1, 0.15) is 70.6 Å². The predicted octanol–water partition coefficient (Wildman–Crippen LogP) is 4.35. The van der Waals surface area contributed by atoms with Crippen molar-refractivity contribution in [3.8, 4) is 6.07 Å². The topological polar surface area (TPSA) is 69.0 Å². The third-order valence-corrected chi connectivity index (χ3v) is 9.63. The van der Waals surface area contributed by atoms with Crippen LogP contribution in [-0.2, 0) is 22.3 Å². The Kier molecular flexibility index (Phi) is 8.41. The number of halogens is 1. The van der Waals surface area contributed by atoms with E-state index in [1.807, 2.05) is 25.2 Å². The monoisotopic (exact) mass is 560 g/mol. The summed E-state index contributed by atoms with van der Waals surface area (Å²) >= 11 is 0. The highest BCUT2D eigenvalue weighted by Gasteiger charge is 2.43. The van der Waals surface area contributed by atoms with Crippen LogP contribution in [0.25, 0.3) is 0 Å². The minimum absolute atomic E-state index is 0.0329. The first-order valence-corrected chi connectivity index (χ1v) is 15.2. The maximum atomic E-state index is 13.8. The van der Waals surface area contributed by atoms with Crippen LogP contribution in [-0.4, -0.2) is 92.0 Å². The molecule has 0 radical (unpaired) electrons. The van der Waals surface area contributed by atoms with Gasteiger partial charge in [0.15, 0.2) is 5.79 Å². The zero-order valence-corrected chi connectivity index (χ0v) is 24.1. The van der Waals surface area contributed by atoms with E-state index in [1.165, 1.54) is 12.1 Å². The lowest BCUT2D eigenvalue weighted by Gasteiger charge is -2.49. The summed E-state index contributed by atoms with van der Waals surface area (Å²) in [6, 6.07) is 13.3. The lowest BCUT2D eigenvalue weighted by molar-refractivity contribution is -0.191. The van der Waals surface area contributed by atoms with Crippen LogP contribution in [0.5, 0.6) is 0 Å². The largest absolute Gasteiger partial charge is 0.347 e. The van der Waals surface area contributed by atoms with Crippen molar-refractivity contribution in [2.45, 2.75) is 62.7 Å². The van der Waals surface area contributed by atoms with Crippen LogP contribution in [0.15, 0.2) is 36.4 Å². The van der Waals surface area contributed by atoms with Crippen LogP contribution in [0.3, 0.4) is 0 Å². The van der Waals surface area contributed by atoms with E-state index in [-0.39, 0.29) is 23.4 Å². The molecule has 3 fully saturated rings. The molecule has 3 saturated heterocycles. The van der Waals surface area contributed by atoms with Crippen molar-refractivity contribution in [3.05, 3.63) is 70.0 Å². The Balaban J connectivity index is 1.08. The van der Waals surface area contributed by atoms with Crippen LogP contribution in [0, 0.1) is 17.1 Å². The highest BCUT2D eigenvalue weighted by Crippen LogP contribution is 2.34. The van der Waals surface area contributed by atoms with E-state index >= 15 is 0 Å². The molecule has 1 unspecified atom stereocenters. The van der Waals surface area contributed by atoms with E-state index in [4.69, 9.17) is 9.47 Å². The van der Waals surface area contributed by atoms with Gasteiger partial charge >= 0.3 is 0 Å². The Morgan fingerprint density at radius 2 is 1.83 bits per heavy atom. The molecule has 3 aliphatic heterocycles. The van der Waals surface area contributed by atoms with E-state index in [1.54, 1.807) is 11.0 Å². The molecule has 7 nitrogen and oxygen atoms in total. The number of benzene rings is 2. The van der Waals surface area contributed by atoms with E-state index in [0.29, 0.717) is 36.9 Å². The number of fused-ring (bicyclic) bond motifs is 1. The van der Waals surface area contributed by atoms with E-state index in [2.05, 4.69) is 15.9 Å². The SMILES string of the molecule is CN(CC(CCN1CC(N2CCC3(CC2)OCCO3)C1)c1ccc(F)cc1)C(=O)c1cc(C#N)cc2c1CCCC2. The molecule has 8 heteroatoms. The fourth-order valence-electron chi connectivity index (χ4n) is 7.15. The second-order valence-corrected chi connectivity index (χ2v) is 12.3. The number of carbonyl (C=O) groups is 1. The van der Waals surface area contributed by atoms with Gasteiger partial charge in [0.25, 0.3) is 5.91 Å². The number of carbonyl (C=O) groups excluding carboxylic acids is 1. The summed E-state index contributed by atoms with van der Waals surface area (Å²) in [6.45, 7) is 7.02. The zero-order chi connectivity index (χ0) is 28.4. The first kappa shape index (κ1) is 28.3. The summed E-state index contributed by atoms with van der Waals surface area (Å²) in [6.07, 6.45) is 6.73. The molecule has 218 valence electrons. The first-order valence-electron chi connectivity index (χ1n) is 15.2. The Labute approximate surface area is 242 Å². The second-order valence-electron chi connectivity index (χ2n) is 12.3. The highest BCUT2D eigenvalue weighted by atomic mass is 19.1. The molecule has 0 saturated carbocycles. The van der Waals surface area contributed by atoms with Gasteiger partial charge in [-0.1, -0.05) is 12.1 Å². The molecule has 6 rings (SSSR count). The molecule has 1 amide bonds.